The molecule has 0 aliphatic carbocycles. The molecule has 0 spiro atoms. The Hall–Kier alpha value is -4.29. The first kappa shape index (κ1) is 32.6. The minimum atomic E-state index is -4.60. The second-order valence-corrected chi connectivity index (χ2v) is 11.3. The van der Waals surface area contributed by atoms with E-state index in [0.29, 0.717) is 4.57 Å². The first-order valence-electron chi connectivity index (χ1n) is 12.8. The highest BCUT2D eigenvalue weighted by atomic mass is 31.2. The predicted octanol–water partition coefficient (Wildman–Crippen LogP) is 1.85. The lowest BCUT2D eigenvalue weighted by Gasteiger charge is -2.25. The molecule has 1 fully saturated rings. The number of para-hydroxylation sites is 1. The molecule has 20 heteroatoms. The summed E-state index contributed by atoms with van der Waals surface area (Å²) in [4.78, 5) is 42.4. The van der Waals surface area contributed by atoms with Crippen LogP contribution in [0.4, 0.5) is 20.5 Å². The number of hydrogen-bond donors (Lipinski definition) is 3. The highest BCUT2D eigenvalue weighted by molar-refractivity contribution is 7.52. The van der Waals surface area contributed by atoms with Crippen molar-refractivity contribution in [1.82, 2.24) is 24.2 Å². The Morgan fingerprint density at radius 2 is 2.00 bits per heavy atom. The van der Waals surface area contributed by atoms with E-state index in [4.69, 9.17) is 24.3 Å². The van der Waals surface area contributed by atoms with E-state index in [2.05, 4.69) is 15.1 Å². The number of ether oxygens (including phenoxy) is 2. The Morgan fingerprint density at radius 3 is 2.61 bits per heavy atom. The number of aliphatic hydroxyl groups excluding tert-OH is 1. The molecule has 0 bridgehead atoms. The van der Waals surface area contributed by atoms with Crippen LogP contribution < -0.4 is 21.0 Å². The summed E-state index contributed by atoms with van der Waals surface area (Å²) in [7, 11) is -3.25. The number of hydrogen-bond acceptors (Lipinski definition) is 13. The number of nitro groups is 1. The van der Waals surface area contributed by atoms with Gasteiger partial charge in [0.15, 0.2) is 17.9 Å². The van der Waals surface area contributed by atoms with Gasteiger partial charge in [0, 0.05) is 6.20 Å². The SMILES string of the molecule is CC(OC(=O)[C@H](C)NP(=O)(OC[C@H]1O[C@@H](n2ccc(N)nc2=O)C(F)(F)C1O)Oc1ccccc1)c1cnc([N+](=O)[O-])n1C. The van der Waals surface area contributed by atoms with Crippen LogP contribution in [0.1, 0.15) is 31.9 Å². The molecule has 3 heterocycles. The Kier molecular flexibility index (Phi) is 9.45. The highest BCUT2D eigenvalue weighted by Crippen LogP contribution is 2.48. The summed E-state index contributed by atoms with van der Waals surface area (Å²) >= 11 is 0. The number of aromatic nitrogens is 4. The maximum atomic E-state index is 15.0. The molecule has 1 aromatic carbocycles. The molecule has 4 N–H and O–H groups in total. The number of nitrogens with zero attached hydrogens (tertiary/aromatic N) is 5. The number of carbonyl (C=O) groups excluding carboxylic acids is 1. The number of aliphatic hydroxyl groups is 1. The van der Waals surface area contributed by atoms with Crippen molar-refractivity contribution in [3.8, 4) is 5.75 Å². The number of nitrogens with one attached hydrogen (secondary N) is 1. The van der Waals surface area contributed by atoms with Crippen LogP contribution in [-0.4, -0.2) is 65.9 Å². The smallest absolute Gasteiger partial charge is 0.453 e. The van der Waals surface area contributed by atoms with Gasteiger partial charge in [-0.05, 0) is 37.0 Å². The van der Waals surface area contributed by atoms with Crippen molar-refractivity contribution < 1.29 is 46.7 Å². The zero-order valence-corrected chi connectivity index (χ0v) is 24.2. The highest BCUT2D eigenvalue weighted by Gasteiger charge is 2.60. The maximum Gasteiger partial charge on any atom is 0.459 e. The van der Waals surface area contributed by atoms with Gasteiger partial charge in [-0.3, -0.25) is 13.9 Å². The summed E-state index contributed by atoms with van der Waals surface area (Å²) < 4.78 is 66.7. The van der Waals surface area contributed by atoms with Crippen LogP contribution in [0.15, 0.2) is 53.6 Å². The van der Waals surface area contributed by atoms with E-state index in [9.17, 15) is 38.2 Å². The lowest BCUT2D eigenvalue weighted by atomic mass is 10.1. The molecule has 2 aromatic heterocycles. The van der Waals surface area contributed by atoms with E-state index in [1.165, 1.54) is 33.0 Å². The molecule has 44 heavy (non-hydrogen) atoms. The molecule has 4 rings (SSSR count). The van der Waals surface area contributed by atoms with Crippen molar-refractivity contribution in [2.24, 2.45) is 7.05 Å². The normalized spacial score (nSPS) is 22.1. The molecule has 0 saturated carbocycles. The van der Waals surface area contributed by atoms with Crippen LogP contribution >= 0.6 is 7.75 Å². The predicted molar refractivity (Wildman–Crippen MR) is 145 cm³/mol. The van der Waals surface area contributed by atoms with Gasteiger partial charge in [0.1, 0.15) is 29.9 Å². The molecule has 3 aromatic rings. The van der Waals surface area contributed by atoms with E-state index in [1.54, 1.807) is 18.2 Å². The second-order valence-electron chi connectivity index (χ2n) is 9.62. The number of rotatable bonds is 12. The van der Waals surface area contributed by atoms with Gasteiger partial charge >= 0.3 is 31.3 Å². The van der Waals surface area contributed by atoms with Gasteiger partial charge in [-0.25, -0.2) is 13.9 Å². The molecule has 6 atom stereocenters. The Bertz CT molecular complexity index is 1620. The van der Waals surface area contributed by atoms with Crippen molar-refractivity contribution in [2.75, 3.05) is 12.3 Å². The monoisotopic (exact) mass is 643 g/mol. The van der Waals surface area contributed by atoms with Crippen LogP contribution in [0.2, 0.25) is 0 Å². The largest absolute Gasteiger partial charge is 0.459 e. The fourth-order valence-electron chi connectivity index (χ4n) is 4.18. The molecule has 1 aliphatic rings. The number of nitrogens with two attached hydrogens (primary N) is 1. The summed E-state index contributed by atoms with van der Waals surface area (Å²) in [5.74, 6) is -5.69. The summed E-state index contributed by atoms with van der Waals surface area (Å²) in [5, 5.41) is 23.8. The van der Waals surface area contributed by atoms with E-state index < -0.39 is 73.4 Å². The van der Waals surface area contributed by atoms with E-state index in [-0.39, 0.29) is 17.3 Å². The lowest BCUT2D eigenvalue weighted by molar-refractivity contribution is -0.396. The van der Waals surface area contributed by atoms with Gasteiger partial charge in [0.25, 0.3) is 0 Å². The molecule has 3 unspecified atom stereocenters. The number of alkyl halides is 2. The van der Waals surface area contributed by atoms with Gasteiger partial charge in [0.05, 0.1) is 13.7 Å². The molecular formula is C24H28F2N7O10P. The van der Waals surface area contributed by atoms with E-state index in [0.717, 1.165) is 23.0 Å². The van der Waals surface area contributed by atoms with Crippen LogP contribution in [0, 0.1) is 10.1 Å². The Labute approximate surface area is 247 Å². The average Bonchev–Trinajstić information content (AvgIpc) is 3.44. The number of imidazole rings is 1. The van der Waals surface area contributed by atoms with Crippen LogP contribution in [-0.2, 0) is 30.4 Å². The van der Waals surface area contributed by atoms with Gasteiger partial charge in [0.2, 0.25) is 6.23 Å². The number of nitrogen functional groups attached to an aromatic ring is 1. The summed E-state index contributed by atoms with van der Waals surface area (Å²) in [5.41, 5.74) is 4.44. The van der Waals surface area contributed by atoms with Crippen molar-refractivity contribution in [1.29, 1.82) is 0 Å². The quantitative estimate of drug-likeness (QED) is 0.111. The molecule has 238 valence electrons. The van der Waals surface area contributed by atoms with Crippen molar-refractivity contribution in [3.05, 3.63) is 75.1 Å². The maximum absolute atomic E-state index is 15.0. The minimum Gasteiger partial charge on any atom is -0.453 e. The lowest BCUT2D eigenvalue weighted by Crippen LogP contribution is -2.42. The Balaban J connectivity index is 1.49. The number of halogens is 2. The van der Waals surface area contributed by atoms with E-state index >= 15 is 0 Å². The van der Waals surface area contributed by atoms with Gasteiger partial charge < -0.3 is 35.0 Å². The van der Waals surface area contributed by atoms with Gasteiger partial charge in [-0.2, -0.15) is 18.9 Å². The number of anilines is 1. The topological polar surface area (TPSA) is 225 Å². The number of esters is 1. The van der Waals surface area contributed by atoms with Gasteiger partial charge in [-0.1, -0.05) is 23.2 Å². The van der Waals surface area contributed by atoms with Crippen LogP contribution in [0.25, 0.3) is 0 Å². The summed E-state index contributed by atoms with van der Waals surface area (Å²) in [6.45, 7) is 1.73. The standard InChI is InChI=1S/C24H28F2N7O10P/c1-13(20(35)41-14(2)16-11-28-22(31(16)3)33(37)38)30-44(39,43-15-7-5-4-6-8-15)40-12-17-19(34)24(25,26)21(42-17)32-10-9-18(27)29-23(32)36/h4-11,13-14,17,19,21,34H,12H2,1-3H3,(H,30,39)(H2,27,29,36)/t13-,14?,17+,19?,21+,44?/m0/s1. The molecule has 1 saturated heterocycles. The summed E-state index contributed by atoms with van der Waals surface area (Å²) in [6.07, 6.45) is -5.59. The van der Waals surface area contributed by atoms with Crippen molar-refractivity contribution in [2.45, 2.75) is 50.4 Å². The van der Waals surface area contributed by atoms with Crippen LogP contribution in [0.5, 0.6) is 5.75 Å². The third-order valence-corrected chi connectivity index (χ3v) is 8.08. The average molecular weight is 643 g/mol. The Morgan fingerprint density at radius 1 is 1.32 bits per heavy atom. The fourth-order valence-corrected chi connectivity index (χ4v) is 5.68. The first-order valence-corrected chi connectivity index (χ1v) is 14.4. The molecule has 0 amide bonds. The molecule has 17 nitrogen and oxygen atoms in total. The fraction of sp³-hybridized carbons (Fsp3) is 0.417. The first-order chi connectivity index (χ1) is 20.6. The number of carbonyl (C=O) groups is 1. The van der Waals surface area contributed by atoms with E-state index in [1.807, 2.05) is 0 Å². The minimum absolute atomic E-state index is 0.00931. The van der Waals surface area contributed by atoms with Crippen LogP contribution in [0.3, 0.4) is 0 Å². The van der Waals surface area contributed by atoms with Crippen molar-refractivity contribution in [3.63, 3.8) is 0 Å². The second kappa shape index (κ2) is 12.7. The molecule has 0 radical (unpaired) electrons. The van der Waals surface area contributed by atoms with Gasteiger partial charge in [-0.15, -0.1) is 0 Å². The summed E-state index contributed by atoms with van der Waals surface area (Å²) in [6, 6.07) is 7.21. The third-order valence-electron chi connectivity index (χ3n) is 6.44. The molecule has 1 aliphatic heterocycles. The third kappa shape index (κ3) is 6.92. The van der Waals surface area contributed by atoms with Crippen molar-refractivity contribution >= 4 is 25.5 Å². The number of benzene rings is 1. The zero-order valence-electron chi connectivity index (χ0n) is 23.4. The molecular weight excluding hydrogens is 615 g/mol. The zero-order chi connectivity index (χ0) is 32.4.